The number of hydrogen-bond donors (Lipinski definition) is 3. The number of benzene rings is 3. The average Bonchev–Trinajstić information content (AvgIpc) is 3.07. The Morgan fingerprint density at radius 1 is 0.854 bits per heavy atom. The van der Waals surface area contributed by atoms with Gasteiger partial charge in [0.05, 0.1) is 30.6 Å². The highest BCUT2D eigenvalue weighted by molar-refractivity contribution is 7.89. The number of aliphatic hydroxyl groups is 1. The number of carbonyl (C=O) groups is 3. The van der Waals surface area contributed by atoms with Crippen LogP contribution in [0.1, 0.15) is 37.0 Å². The van der Waals surface area contributed by atoms with Crippen molar-refractivity contribution in [2.24, 2.45) is 11.1 Å². The highest BCUT2D eigenvalue weighted by atomic mass is 32.2. The summed E-state index contributed by atoms with van der Waals surface area (Å²) in [6, 6.07) is 21.1. The van der Waals surface area contributed by atoms with E-state index in [2.05, 4.69) is 15.8 Å². The third kappa shape index (κ3) is 11.9. The Labute approximate surface area is 280 Å². The molecule has 3 atom stereocenters. The molecule has 0 fully saturated rings. The Bertz CT molecular complexity index is 1590. The van der Waals surface area contributed by atoms with Gasteiger partial charge in [0, 0.05) is 13.1 Å². The molecular formula is C34H42N4O9S. The van der Waals surface area contributed by atoms with Crippen LogP contribution in [0, 0.1) is 10.8 Å². The van der Waals surface area contributed by atoms with Gasteiger partial charge in [-0.3, -0.25) is 9.59 Å². The Hall–Kier alpha value is -4.66. The van der Waals surface area contributed by atoms with E-state index in [1.165, 1.54) is 24.3 Å². The number of aliphatic hydroxyl groups excluding tert-OH is 1. The first kappa shape index (κ1) is 37.8. The fourth-order valence-electron chi connectivity index (χ4n) is 4.81. The van der Waals surface area contributed by atoms with Crippen LogP contribution in [-0.4, -0.2) is 74.2 Å². The Balaban J connectivity index is 1.85. The molecule has 2 amide bonds. The van der Waals surface area contributed by atoms with E-state index in [9.17, 15) is 32.8 Å². The normalized spacial score (nSPS) is 13.3. The van der Waals surface area contributed by atoms with Crippen LogP contribution in [0.3, 0.4) is 0 Å². The molecule has 0 radical (unpaired) electrons. The molecule has 0 unspecified atom stereocenters. The maximum atomic E-state index is 13.8. The highest BCUT2D eigenvalue weighted by Crippen LogP contribution is 2.20. The molecule has 0 saturated heterocycles. The van der Waals surface area contributed by atoms with Crippen LogP contribution in [0.4, 0.5) is 4.79 Å². The van der Waals surface area contributed by atoms with Crippen molar-refractivity contribution in [1.29, 1.82) is 0 Å². The quantitative estimate of drug-likeness (QED) is 0.134. The zero-order valence-corrected chi connectivity index (χ0v) is 28.0. The first-order valence-electron chi connectivity index (χ1n) is 15.4. The van der Waals surface area contributed by atoms with Crippen LogP contribution in [0.2, 0.25) is 0 Å². The topological polar surface area (TPSA) is 181 Å². The second-order valence-electron chi connectivity index (χ2n) is 11.6. The number of ether oxygens (including phenoxy) is 2. The summed E-state index contributed by atoms with van der Waals surface area (Å²) in [6.07, 6.45) is -2.81. The monoisotopic (exact) mass is 682 g/mol. The maximum absolute atomic E-state index is 13.8. The average molecular weight is 683 g/mol. The Morgan fingerprint density at radius 2 is 1.46 bits per heavy atom. The number of carbonyl (C=O) groups excluding carboxylic acids is 3. The van der Waals surface area contributed by atoms with Crippen molar-refractivity contribution in [2.75, 3.05) is 20.2 Å². The van der Waals surface area contributed by atoms with Gasteiger partial charge in [-0.05, 0) is 41.2 Å². The molecule has 3 aromatic carbocycles. The van der Waals surface area contributed by atoms with Gasteiger partial charge in [0.1, 0.15) is 19.2 Å². The standard InChI is InChI=1S/C34H42N4O9S/c1-24(2)21-38(48(44,45)28-16-14-26(15-17-28)20-35-43)22-31(39)29(18-25-10-6-4-7-11-25)36-33(41)30(19-32(40)46-3)37-34(42)47-23-27-12-8-5-9-13-27/h4-17,24,29-31,39H,18-23H2,1-3H3,(H,36,41)(H,37,42)/t29-,30-,31+/m0/s1. The smallest absolute Gasteiger partial charge is 0.408 e. The van der Waals surface area contributed by atoms with Crippen LogP contribution in [0.15, 0.2) is 95.0 Å². The second-order valence-corrected chi connectivity index (χ2v) is 13.5. The van der Waals surface area contributed by atoms with E-state index in [0.29, 0.717) is 11.1 Å². The summed E-state index contributed by atoms with van der Waals surface area (Å²) in [5.41, 5.74) is 1.99. The molecule has 0 heterocycles. The molecule has 0 aliphatic rings. The summed E-state index contributed by atoms with van der Waals surface area (Å²) in [4.78, 5) is 49.1. The van der Waals surface area contributed by atoms with Crippen molar-refractivity contribution >= 4 is 28.0 Å². The molecule has 14 heteroatoms. The lowest BCUT2D eigenvalue weighted by atomic mass is 10.00. The van der Waals surface area contributed by atoms with Crippen LogP contribution in [-0.2, 0) is 48.7 Å². The van der Waals surface area contributed by atoms with Gasteiger partial charge in [0.2, 0.25) is 15.9 Å². The predicted octanol–water partition coefficient (Wildman–Crippen LogP) is 3.55. The molecule has 0 aliphatic heterocycles. The summed E-state index contributed by atoms with van der Waals surface area (Å²) in [5, 5.41) is 19.5. The van der Waals surface area contributed by atoms with E-state index < -0.39 is 52.6 Å². The molecule has 0 aliphatic carbocycles. The van der Waals surface area contributed by atoms with Gasteiger partial charge in [-0.15, -0.1) is 0 Å². The molecule has 48 heavy (non-hydrogen) atoms. The summed E-state index contributed by atoms with van der Waals surface area (Å²) >= 11 is 0. The minimum absolute atomic E-state index is 0.0370. The third-order valence-electron chi connectivity index (χ3n) is 7.28. The number of amides is 2. The third-order valence-corrected chi connectivity index (χ3v) is 9.12. The van der Waals surface area contributed by atoms with Gasteiger partial charge in [-0.1, -0.05) is 91.8 Å². The molecule has 0 spiro atoms. The lowest BCUT2D eigenvalue weighted by molar-refractivity contribution is -0.143. The van der Waals surface area contributed by atoms with Crippen LogP contribution >= 0.6 is 0 Å². The number of methoxy groups -OCH3 is 1. The molecule has 0 saturated carbocycles. The van der Waals surface area contributed by atoms with E-state index in [1.807, 2.05) is 19.9 Å². The number of nitroso groups, excluding NO2 is 1. The van der Waals surface area contributed by atoms with Crippen LogP contribution in [0.5, 0.6) is 0 Å². The van der Waals surface area contributed by atoms with Gasteiger partial charge in [-0.25, -0.2) is 13.2 Å². The molecule has 0 aromatic heterocycles. The molecule has 258 valence electrons. The number of nitrogens with one attached hydrogen (secondary N) is 2. The van der Waals surface area contributed by atoms with Gasteiger partial charge < -0.3 is 25.2 Å². The van der Waals surface area contributed by atoms with E-state index in [0.717, 1.165) is 17.0 Å². The minimum atomic E-state index is -4.12. The van der Waals surface area contributed by atoms with Crippen molar-refractivity contribution in [2.45, 2.75) is 62.9 Å². The van der Waals surface area contributed by atoms with Crippen molar-refractivity contribution in [3.05, 3.63) is 107 Å². The van der Waals surface area contributed by atoms with Crippen molar-refractivity contribution in [3.63, 3.8) is 0 Å². The number of hydrogen-bond acceptors (Lipinski definition) is 10. The van der Waals surface area contributed by atoms with E-state index in [-0.39, 0.29) is 43.5 Å². The van der Waals surface area contributed by atoms with Crippen LogP contribution < -0.4 is 10.6 Å². The zero-order valence-electron chi connectivity index (χ0n) is 27.2. The minimum Gasteiger partial charge on any atom is -0.469 e. The molecule has 3 N–H and O–H groups in total. The fraction of sp³-hybridized carbons (Fsp3) is 0.382. The van der Waals surface area contributed by atoms with E-state index in [4.69, 9.17) is 9.47 Å². The number of nitrogens with zero attached hydrogens (tertiary/aromatic N) is 2. The molecular weight excluding hydrogens is 640 g/mol. The van der Waals surface area contributed by atoms with Gasteiger partial charge >= 0.3 is 12.1 Å². The number of alkyl carbamates (subject to hydrolysis) is 1. The fourth-order valence-corrected chi connectivity index (χ4v) is 6.43. The highest BCUT2D eigenvalue weighted by Gasteiger charge is 2.33. The SMILES string of the molecule is COC(=O)C[C@H](NC(=O)OCc1ccccc1)C(=O)N[C@@H](Cc1ccccc1)[C@H](O)CN(CC(C)C)S(=O)(=O)c1ccc(CN=O)cc1. The summed E-state index contributed by atoms with van der Waals surface area (Å²) in [5.74, 6) is -1.71. The van der Waals surface area contributed by atoms with Gasteiger partial charge in [0.15, 0.2) is 0 Å². The predicted molar refractivity (Wildman–Crippen MR) is 178 cm³/mol. The van der Waals surface area contributed by atoms with Crippen molar-refractivity contribution < 1.29 is 37.4 Å². The largest absolute Gasteiger partial charge is 0.469 e. The molecule has 3 aromatic rings. The summed E-state index contributed by atoms with van der Waals surface area (Å²) in [6.45, 7) is 3.15. The maximum Gasteiger partial charge on any atom is 0.408 e. The zero-order chi connectivity index (χ0) is 35.1. The van der Waals surface area contributed by atoms with Crippen molar-refractivity contribution in [1.82, 2.24) is 14.9 Å². The van der Waals surface area contributed by atoms with Gasteiger partial charge in [0.25, 0.3) is 0 Å². The van der Waals surface area contributed by atoms with E-state index in [1.54, 1.807) is 54.6 Å². The van der Waals surface area contributed by atoms with Crippen molar-refractivity contribution in [3.8, 4) is 0 Å². The first-order chi connectivity index (χ1) is 22.9. The van der Waals surface area contributed by atoms with E-state index >= 15 is 0 Å². The van der Waals surface area contributed by atoms with Crippen LogP contribution in [0.25, 0.3) is 0 Å². The summed E-state index contributed by atoms with van der Waals surface area (Å²) < 4.78 is 38.6. The first-order valence-corrected chi connectivity index (χ1v) is 16.8. The van der Waals surface area contributed by atoms with Gasteiger partial charge in [-0.2, -0.15) is 9.21 Å². The lowest BCUT2D eigenvalue weighted by Gasteiger charge is -2.31. The number of esters is 1. The Kier molecular flexibility index (Phi) is 14.7. The second kappa shape index (κ2) is 18.6. The number of sulfonamides is 1. The summed E-state index contributed by atoms with van der Waals surface area (Å²) in [7, 11) is -2.98. The molecule has 13 nitrogen and oxygen atoms in total. The lowest BCUT2D eigenvalue weighted by Crippen LogP contribution is -2.56. The molecule has 0 bridgehead atoms. The molecule has 3 rings (SSSR count). The Morgan fingerprint density at radius 3 is 2.02 bits per heavy atom. The number of rotatable bonds is 18.